The van der Waals surface area contributed by atoms with Gasteiger partial charge in [0.05, 0.1) is 19.6 Å². The molecule has 0 bridgehead atoms. The molecule has 1 amide bonds. The summed E-state index contributed by atoms with van der Waals surface area (Å²) in [6.45, 7) is 1.57. The average Bonchev–Trinajstić information content (AvgIpc) is 2.45. The van der Waals surface area contributed by atoms with Gasteiger partial charge in [0.25, 0.3) is 0 Å². The molecule has 1 aromatic rings. The van der Waals surface area contributed by atoms with E-state index < -0.39 is 24.5 Å². The summed E-state index contributed by atoms with van der Waals surface area (Å²) in [7, 11) is 0. The van der Waals surface area contributed by atoms with Crippen molar-refractivity contribution in [3.63, 3.8) is 0 Å². The normalized spacial score (nSPS) is 11.7. The van der Waals surface area contributed by atoms with E-state index in [-0.39, 0.29) is 13.0 Å². The van der Waals surface area contributed by atoms with Crippen LogP contribution in [0.15, 0.2) is 24.3 Å². The maximum atomic E-state index is 11.4. The minimum Gasteiger partial charge on any atom is -0.493 e. The van der Waals surface area contributed by atoms with Crippen molar-refractivity contribution in [2.45, 2.75) is 25.8 Å². The zero-order valence-electron chi connectivity index (χ0n) is 11.3. The van der Waals surface area contributed by atoms with Crippen LogP contribution in [0, 0.1) is 0 Å². The highest BCUT2D eigenvalue weighted by molar-refractivity contribution is 5.83. The molecule has 0 saturated heterocycles. The molecule has 1 unspecified atom stereocenters. The fourth-order valence-corrected chi connectivity index (χ4v) is 1.53. The van der Waals surface area contributed by atoms with Crippen molar-refractivity contribution in [1.82, 2.24) is 5.32 Å². The van der Waals surface area contributed by atoms with Crippen LogP contribution in [0.3, 0.4) is 0 Å². The Balaban J connectivity index is 2.32. The van der Waals surface area contributed by atoms with Crippen molar-refractivity contribution < 1.29 is 24.5 Å². The summed E-state index contributed by atoms with van der Waals surface area (Å²) < 4.78 is 5.38. The van der Waals surface area contributed by atoms with Crippen LogP contribution < -0.4 is 10.1 Å². The molecule has 0 heterocycles. The highest BCUT2D eigenvalue weighted by Gasteiger charge is 2.18. The average molecular weight is 281 g/mol. The van der Waals surface area contributed by atoms with Gasteiger partial charge in [-0.15, -0.1) is 0 Å². The van der Waals surface area contributed by atoms with Crippen LogP contribution in [-0.2, 0) is 16.0 Å². The Morgan fingerprint density at radius 3 is 2.45 bits per heavy atom. The fraction of sp³-hybridized carbons (Fsp3) is 0.429. The van der Waals surface area contributed by atoms with Gasteiger partial charge >= 0.3 is 5.97 Å². The number of aliphatic carboxylic acids is 1. The van der Waals surface area contributed by atoms with Crippen molar-refractivity contribution in [2.75, 3.05) is 13.2 Å². The largest absolute Gasteiger partial charge is 0.493 e. The van der Waals surface area contributed by atoms with Gasteiger partial charge in [-0.3, -0.25) is 4.79 Å². The van der Waals surface area contributed by atoms with Crippen LogP contribution in [-0.4, -0.2) is 41.3 Å². The first kappa shape index (κ1) is 16.0. The third-order valence-electron chi connectivity index (χ3n) is 2.75. The van der Waals surface area contributed by atoms with Crippen LogP contribution in [0.25, 0.3) is 0 Å². The van der Waals surface area contributed by atoms with Crippen LogP contribution in [0.2, 0.25) is 0 Å². The maximum absolute atomic E-state index is 11.4. The predicted octanol–water partition coefficient (Wildman–Crippen LogP) is 0.580. The van der Waals surface area contributed by atoms with Crippen LogP contribution in [0.5, 0.6) is 5.75 Å². The molecular formula is C14H19NO5. The Labute approximate surface area is 117 Å². The number of carboxylic acid groups (broad SMARTS) is 1. The summed E-state index contributed by atoms with van der Waals surface area (Å²) in [5, 5.41) is 19.6. The molecule has 20 heavy (non-hydrogen) atoms. The molecule has 0 aromatic heterocycles. The molecule has 0 fully saturated rings. The zero-order chi connectivity index (χ0) is 15.0. The first-order valence-corrected chi connectivity index (χ1v) is 6.41. The molecule has 0 spiro atoms. The number of carbonyl (C=O) groups is 2. The predicted molar refractivity (Wildman–Crippen MR) is 72.6 cm³/mol. The number of ether oxygens (including phenoxy) is 1. The lowest BCUT2D eigenvalue weighted by Gasteiger charge is -2.12. The summed E-state index contributed by atoms with van der Waals surface area (Å²) >= 11 is 0. The molecule has 1 aromatic carbocycles. The summed E-state index contributed by atoms with van der Waals surface area (Å²) in [6, 6.07) is 6.27. The molecule has 0 aliphatic rings. The third kappa shape index (κ3) is 5.27. The molecule has 1 rings (SSSR count). The van der Waals surface area contributed by atoms with Crippen LogP contribution in [0.1, 0.15) is 18.9 Å². The van der Waals surface area contributed by atoms with E-state index in [1.165, 1.54) is 5.56 Å². The second-order valence-electron chi connectivity index (χ2n) is 4.24. The first-order chi connectivity index (χ1) is 9.56. The van der Waals surface area contributed by atoms with Gasteiger partial charge in [0, 0.05) is 0 Å². The summed E-state index contributed by atoms with van der Waals surface area (Å²) in [4.78, 5) is 22.1. The molecule has 0 aliphatic heterocycles. The number of aryl methyl sites for hydroxylation is 1. The van der Waals surface area contributed by atoms with Gasteiger partial charge in [-0.05, 0) is 24.1 Å². The number of nitrogens with one attached hydrogen (secondary N) is 1. The Morgan fingerprint density at radius 2 is 1.95 bits per heavy atom. The smallest absolute Gasteiger partial charge is 0.328 e. The molecule has 6 nitrogen and oxygen atoms in total. The molecule has 1 atom stereocenters. The third-order valence-corrected chi connectivity index (χ3v) is 2.75. The van der Waals surface area contributed by atoms with E-state index in [0.29, 0.717) is 5.75 Å². The molecule has 0 radical (unpaired) electrons. The number of rotatable bonds is 8. The van der Waals surface area contributed by atoms with Crippen molar-refractivity contribution in [3.8, 4) is 5.75 Å². The highest BCUT2D eigenvalue weighted by atomic mass is 16.5. The van der Waals surface area contributed by atoms with Crippen LogP contribution in [0.4, 0.5) is 0 Å². The van der Waals surface area contributed by atoms with Gasteiger partial charge in [-0.25, -0.2) is 4.79 Å². The second kappa shape index (κ2) is 8.16. The lowest BCUT2D eigenvalue weighted by atomic mass is 10.2. The quantitative estimate of drug-likeness (QED) is 0.648. The van der Waals surface area contributed by atoms with Gasteiger partial charge in [-0.1, -0.05) is 19.1 Å². The minimum absolute atomic E-state index is 0.0271. The highest BCUT2D eigenvalue weighted by Crippen LogP contribution is 2.12. The van der Waals surface area contributed by atoms with Crippen LogP contribution >= 0.6 is 0 Å². The zero-order valence-corrected chi connectivity index (χ0v) is 11.3. The maximum Gasteiger partial charge on any atom is 0.328 e. The number of carbonyl (C=O) groups excluding carboxylic acids is 1. The van der Waals surface area contributed by atoms with Gasteiger partial charge in [0.2, 0.25) is 5.91 Å². The molecular weight excluding hydrogens is 262 g/mol. The van der Waals surface area contributed by atoms with E-state index >= 15 is 0 Å². The number of hydrogen-bond donors (Lipinski definition) is 3. The van der Waals surface area contributed by atoms with E-state index in [1.807, 2.05) is 24.3 Å². The second-order valence-corrected chi connectivity index (χ2v) is 4.24. The molecule has 0 saturated carbocycles. The summed E-state index contributed by atoms with van der Waals surface area (Å²) in [5.74, 6) is -1.08. The van der Waals surface area contributed by atoms with E-state index in [2.05, 4.69) is 12.2 Å². The standard InChI is InChI=1S/C14H19NO5/c1-2-10-3-5-11(6-4-10)20-8-7-13(17)15-12(9-16)14(18)19/h3-6,12,16H,2,7-9H2,1H3,(H,15,17)(H,18,19). The summed E-state index contributed by atoms with van der Waals surface area (Å²) in [6.07, 6.45) is 0.972. The van der Waals surface area contributed by atoms with Crippen molar-refractivity contribution >= 4 is 11.9 Å². The van der Waals surface area contributed by atoms with E-state index in [4.69, 9.17) is 14.9 Å². The van der Waals surface area contributed by atoms with E-state index in [1.54, 1.807) is 0 Å². The van der Waals surface area contributed by atoms with Gasteiger partial charge in [0.1, 0.15) is 11.8 Å². The van der Waals surface area contributed by atoms with Gasteiger partial charge < -0.3 is 20.3 Å². The Kier molecular flexibility index (Phi) is 6.52. The SMILES string of the molecule is CCc1ccc(OCCC(=O)NC(CO)C(=O)O)cc1. The Morgan fingerprint density at radius 1 is 1.30 bits per heavy atom. The van der Waals surface area contributed by atoms with Crippen molar-refractivity contribution in [2.24, 2.45) is 0 Å². The van der Waals surface area contributed by atoms with E-state index in [0.717, 1.165) is 6.42 Å². The van der Waals surface area contributed by atoms with Gasteiger partial charge in [-0.2, -0.15) is 0 Å². The first-order valence-electron chi connectivity index (χ1n) is 6.41. The van der Waals surface area contributed by atoms with E-state index in [9.17, 15) is 9.59 Å². The Hall–Kier alpha value is -2.08. The number of carboxylic acids is 1. The molecule has 110 valence electrons. The lowest BCUT2D eigenvalue weighted by molar-refractivity contribution is -0.143. The lowest BCUT2D eigenvalue weighted by Crippen LogP contribution is -2.43. The number of aliphatic hydroxyl groups excluding tert-OH is 1. The van der Waals surface area contributed by atoms with Crippen molar-refractivity contribution in [3.05, 3.63) is 29.8 Å². The van der Waals surface area contributed by atoms with Crippen molar-refractivity contribution in [1.29, 1.82) is 0 Å². The summed E-state index contributed by atoms with van der Waals surface area (Å²) in [5.41, 5.74) is 1.20. The van der Waals surface area contributed by atoms with Gasteiger partial charge in [0.15, 0.2) is 0 Å². The molecule has 3 N–H and O–H groups in total. The monoisotopic (exact) mass is 281 g/mol. The number of amides is 1. The number of aliphatic hydroxyl groups is 1. The molecule has 0 aliphatic carbocycles. The fourth-order valence-electron chi connectivity index (χ4n) is 1.53. The topological polar surface area (TPSA) is 95.9 Å². The minimum atomic E-state index is -1.27. The molecule has 6 heteroatoms. The Bertz CT molecular complexity index is 443. The number of hydrogen-bond acceptors (Lipinski definition) is 4. The number of benzene rings is 1.